The molecule has 29 heavy (non-hydrogen) atoms. The Hall–Kier alpha value is -2.37. The summed E-state index contributed by atoms with van der Waals surface area (Å²) in [5.41, 5.74) is 0.643. The number of hydrogen-bond acceptors (Lipinski definition) is 7. The van der Waals surface area contributed by atoms with E-state index < -0.39 is 16.0 Å². The zero-order valence-corrected chi connectivity index (χ0v) is 17.8. The monoisotopic (exact) mass is 427 g/mol. The van der Waals surface area contributed by atoms with E-state index in [2.05, 4.69) is 14.9 Å². The van der Waals surface area contributed by atoms with Crippen LogP contribution in [0.5, 0.6) is 0 Å². The fourth-order valence-electron chi connectivity index (χ4n) is 3.04. The fourth-order valence-corrected chi connectivity index (χ4v) is 3.61. The van der Waals surface area contributed by atoms with Gasteiger partial charge in [0.15, 0.2) is 0 Å². The van der Waals surface area contributed by atoms with Crippen LogP contribution in [0.1, 0.15) is 10.4 Å². The fraction of sp³-hybridized carbons (Fsp3) is 0.556. The number of carbonyl (C=O) groups is 2. The van der Waals surface area contributed by atoms with Gasteiger partial charge >= 0.3 is 5.97 Å². The second kappa shape index (κ2) is 9.90. The third-order valence-electron chi connectivity index (χ3n) is 4.51. The minimum absolute atomic E-state index is 0.00957. The lowest BCUT2D eigenvalue weighted by molar-refractivity contribution is -0.122. The van der Waals surface area contributed by atoms with Gasteiger partial charge in [-0.05, 0) is 32.3 Å². The summed E-state index contributed by atoms with van der Waals surface area (Å²) in [6.07, 6.45) is 0.975. The highest BCUT2D eigenvalue weighted by Crippen LogP contribution is 2.25. The average Bonchev–Trinajstić information content (AvgIpc) is 2.61. The van der Waals surface area contributed by atoms with Crippen LogP contribution in [-0.2, 0) is 14.8 Å². The van der Waals surface area contributed by atoms with Crippen LogP contribution in [-0.4, -0.2) is 101 Å². The number of amides is 1. The van der Waals surface area contributed by atoms with E-state index in [0.717, 1.165) is 12.8 Å². The maximum absolute atomic E-state index is 12.0. The summed E-state index contributed by atoms with van der Waals surface area (Å²) in [6, 6.07) is 4.63. The van der Waals surface area contributed by atoms with Crippen LogP contribution < -0.4 is 14.9 Å². The number of aromatic carboxylic acids is 1. The number of sulfonamides is 1. The molecule has 10 nitrogen and oxygen atoms in total. The summed E-state index contributed by atoms with van der Waals surface area (Å²) in [6.45, 7) is 4.36. The van der Waals surface area contributed by atoms with Crippen molar-refractivity contribution >= 4 is 33.3 Å². The number of carbonyl (C=O) groups excluding carboxylic acids is 1. The first kappa shape index (κ1) is 22.9. The molecule has 1 aromatic rings. The van der Waals surface area contributed by atoms with Crippen LogP contribution >= 0.6 is 0 Å². The summed E-state index contributed by atoms with van der Waals surface area (Å²) in [7, 11) is 0.323. The van der Waals surface area contributed by atoms with Gasteiger partial charge in [-0.2, -0.15) is 0 Å². The van der Waals surface area contributed by atoms with Crippen molar-refractivity contribution in [2.75, 3.05) is 75.8 Å². The third kappa shape index (κ3) is 7.52. The van der Waals surface area contributed by atoms with Crippen molar-refractivity contribution in [3.05, 3.63) is 23.8 Å². The Bertz CT molecular complexity index is 835. The molecule has 0 aromatic heterocycles. The zero-order chi connectivity index (χ0) is 21.6. The number of rotatable bonds is 9. The van der Waals surface area contributed by atoms with Crippen LogP contribution in [0.4, 0.5) is 11.4 Å². The van der Waals surface area contributed by atoms with Crippen molar-refractivity contribution in [3.63, 3.8) is 0 Å². The average molecular weight is 428 g/mol. The standard InChI is InChI=1S/C18H29N5O5S/c1-21(2)7-6-19-17(24)13-22-8-10-23(11-9-22)14-4-5-16(20-29(3,27)28)15(12-14)18(25)26/h4-5,12,20H,6-11,13H2,1-3H3,(H,19,24)(H,25,26). The van der Waals surface area contributed by atoms with E-state index in [1.165, 1.54) is 12.1 Å². The topological polar surface area (TPSA) is 122 Å². The SMILES string of the molecule is CN(C)CCNC(=O)CN1CCN(c2ccc(NS(C)(=O)=O)c(C(=O)O)c2)CC1. The number of nitrogens with one attached hydrogen (secondary N) is 2. The molecule has 1 amide bonds. The highest BCUT2D eigenvalue weighted by Gasteiger charge is 2.21. The number of carboxylic acid groups (broad SMARTS) is 1. The minimum atomic E-state index is -3.58. The van der Waals surface area contributed by atoms with Crippen LogP contribution in [0.2, 0.25) is 0 Å². The van der Waals surface area contributed by atoms with Crippen molar-refractivity contribution in [3.8, 4) is 0 Å². The van der Waals surface area contributed by atoms with Crippen LogP contribution in [0, 0.1) is 0 Å². The summed E-state index contributed by atoms with van der Waals surface area (Å²) in [5.74, 6) is -1.21. The van der Waals surface area contributed by atoms with E-state index in [1.807, 2.05) is 23.9 Å². The molecule has 2 rings (SSSR count). The minimum Gasteiger partial charge on any atom is -0.478 e. The van der Waals surface area contributed by atoms with Gasteiger partial charge in [-0.3, -0.25) is 14.4 Å². The molecule has 1 aliphatic rings. The number of piperazine rings is 1. The molecule has 0 atom stereocenters. The van der Waals surface area contributed by atoms with E-state index in [9.17, 15) is 23.1 Å². The first-order valence-electron chi connectivity index (χ1n) is 9.29. The third-order valence-corrected chi connectivity index (χ3v) is 5.11. The van der Waals surface area contributed by atoms with E-state index in [1.54, 1.807) is 6.07 Å². The lowest BCUT2D eigenvalue weighted by Crippen LogP contribution is -2.50. The van der Waals surface area contributed by atoms with Crippen LogP contribution in [0.3, 0.4) is 0 Å². The van der Waals surface area contributed by atoms with E-state index in [0.29, 0.717) is 45.0 Å². The summed E-state index contributed by atoms with van der Waals surface area (Å²) in [5, 5.41) is 12.3. The van der Waals surface area contributed by atoms with Gasteiger partial charge in [0.1, 0.15) is 0 Å². The van der Waals surface area contributed by atoms with Crippen LogP contribution in [0.25, 0.3) is 0 Å². The molecule has 11 heteroatoms. The Morgan fingerprint density at radius 1 is 1.17 bits per heavy atom. The van der Waals surface area contributed by atoms with Crippen molar-refractivity contribution < 1.29 is 23.1 Å². The number of benzene rings is 1. The first-order chi connectivity index (χ1) is 13.5. The molecule has 0 aliphatic carbocycles. The quantitative estimate of drug-likeness (QED) is 0.485. The largest absolute Gasteiger partial charge is 0.478 e. The van der Waals surface area contributed by atoms with E-state index in [-0.39, 0.29) is 17.2 Å². The molecule has 1 heterocycles. The molecule has 0 bridgehead atoms. The number of likely N-dealkylation sites (N-methyl/N-ethyl adjacent to an activating group) is 1. The van der Waals surface area contributed by atoms with Gasteiger partial charge in [0, 0.05) is 45.0 Å². The molecule has 0 spiro atoms. The van der Waals surface area contributed by atoms with Gasteiger partial charge in [0.2, 0.25) is 15.9 Å². The number of carboxylic acids is 1. The maximum atomic E-state index is 12.0. The second-order valence-electron chi connectivity index (χ2n) is 7.33. The summed E-state index contributed by atoms with van der Waals surface area (Å²) in [4.78, 5) is 29.6. The van der Waals surface area contributed by atoms with Gasteiger partial charge in [-0.15, -0.1) is 0 Å². The van der Waals surface area contributed by atoms with Crippen molar-refractivity contribution in [1.29, 1.82) is 0 Å². The first-order valence-corrected chi connectivity index (χ1v) is 11.2. The highest BCUT2D eigenvalue weighted by molar-refractivity contribution is 7.92. The van der Waals surface area contributed by atoms with Gasteiger partial charge in [0.25, 0.3) is 0 Å². The second-order valence-corrected chi connectivity index (χ2v) is 9.07. The molecule has 0 saturated carbocycles. The normalized spacial score (nSPS) is 15.4. The smallest absolute Gasteiger partial charge is 0.337 e. The molecule has 0 unspecified atom stereocenters. The molecule has 3 N–H and O–H groups in total. The Morgan fingerprint density at radius 2 is 1.83 bits per heavy atom. The van der Waals surface area contributed by atoms with Crippen molar-refractivity contribution in [2.45, 2.75) is 0 Å². The highest BCUT2D eigenvalue weighted by atomic mass is 32.2. The predicted molar refractivity (Wildman–Crippen MR) is 112 cm³/mol. The van der Waals surface area contributed by atoms with Gasteiger partial charge in [-0.1, -0.05) is 0 Å². The lowest BCUT2D eigenvalue weighted by Gasteiger charge is -2.36. The molecular weight excluding hydrogens is 398 g/mol. The molecule has 1 aliphatic heterocycles. The lowest BCUT2D eigenvalue weighted by atomic mass is 10.1. The van der Waals surface area contributed by atoms with E-state index >= 15 is 0 Å². The Labute approximate surface area is 171 Å². The van der Waals surface area contributed by atoms with Crippen LogP contribution in [0.15, 0.2) is 18.2 Å². The number of nitrogens with zero attached hydrogens (tertiary/aromatic N) is 3. The van der Waals surface area contributed by atoms with Crippen molar-refractivity contribution in [1.82, 2.24) is 15.1 Å². The Balaban J connectivity index is 1.94. The molecular formula is C18H29N5O5S. The molecule has 0 radical (unpaired) electrons. The van der Waals surface area contributed by atoms with Gasteiger partial charge < -0.3 is 20.2 Å². The summed E-state index contributed by atoms with van der Waals surface area (Å²) >= 11 is 0. The summed E-state index contributed by atoms with van der Waals surface area (Å²) < 4.78 is 25.1. The molecule has 1 fully saturated rings. The number of anilines is 2. The van der Waals surface area contributed by atoms with E-state index in [4.69, 9.17) is 0 Å². The van der Waals surface area contributed by atoms with Crippen molar-refractivity contribution in [2.24, 2.45) is 0 Å². The predicted octanol–water partition coefficient (Wildman–Crippen LogP) is -0.444. The van der Waals surface area contributed by atoms with Gasteiger partial charge in [0.05, 0.1) is 24.1 Å². The number of hydrogen-bond donors (Lipinski definition) is 3. The molecule has 1 aromatic carbocycles. The maximum Gasteiger partial charge on any atom is 0.337 e. The van der Waals surface area contributed by atoms with Gasteiger partial charge in [-0.25, -0.2) is 13.2 Å². The molecule has 1 saturated heterocycles. The Morgan fingerprint density at radius 3 is 2.38 bits per heavy atom. The Kier molecular flexibility index (Phi) is 7.82. The molecule has 162 valence electrons. The zero-order valence-electron chi connectivity index (χ0n) is 17.0.